The fraction of sp³-hybridized carbons (Fsp3) is 0.125. The Morgan fingerprint density at radius 2 is 1.85 bits per heavy atom. The number of rotatable bonds is 3. The molecule has 20 heavy (non-hydrogen) atoms. The van der Waals surface area contributed by atoms with E-state index in [9.17, 15) is 5.11 Å². The lowest BCUT2D eigenvalue weighted by Crippen LogP contribution is -1.97. The van der Waals surface area contributed by atoms with Crippen LogP contribution in [0.1, 0.15) is 16.5 Å². The highest BCUT2D eigenvalue weighted by atomic mass is 35.5. The lowest BCUT2D eigenvalue weighted by Gasteiger charge is -2.11. The topological polar surface area (TPSA) is 29.5 Å². The summed E-state index contributed by atoms with van der Waals surface area (Å²) in [6.45, 7) is 0. The van der Waals surface area contributed by atoms with Crippen LogP contribution in [-0.2, 0) is 0 Å². The van der Waals surface area contributed by atoms with Gasteiger partial charge in [0, 0.05) is 0 Å². The minimum absolute atomic E-state index is 0.609. The molecule has 0 fully saturated rings. The van der Waals surface area contributed by atoms with Crippen molar-refractivity contribution >= 4 is 33.7 Å². The number of thiophene rings is 1. The van der Waals surface area contributed by atoms with Crippen LogP contribution in [0.3, 0.4) is 0 Å². The maximum absolute atomic E-state index is 10.4. The molecule has 1 N–H and O–H groups in total. The molecule has 1 unspecified atom stereocenters. The molecule has 0 saturated carbocycles. The van der Waals surface area contributed by atoms with Crippen molar-refractivity contribution in [3.63, 3.8) is 0 Å². The predicted molar refractivity (Wildman–Crippen MR) is 83.9 cm³/mol. The molecule has 0 saturated heterocycles. The molecule has 0 bridgehead atoms. The van der Waals surface area contributed by atoms with E-state index in [1.165, 1.54) is 11.3 Å². The van der Waals surface area contributed by atoms with Gasteiger partial charge in [-0.15, -0.1) is 11.3 Å². The van der Waals surface area contributed by atoms with Crippen molar-refractivity contribution in [1.29, 1.82) is 0 Å². The first-order valence-electron chi connectivity index (χ1n) is 6.17. The fourth-order valence-electron chi connectivity index (χ4n) is 2.19. The maximum Gasteiger partial charge on any atom is 0.119 e. The van der Waals surface area contributed by atoms with Gasteiger partial charge in [-0.1, -0.05) is 29.8 Å². The van der Waals surface area contributed by atoms with Gasteiger partial charge < -0.3 is 9.84 Å². The van der Waals surface area contributed by atoms with Gasteiger partial charge in [0.05, 0.1) is 17.0 Å². The highest BCUT2D eigenvalue weighted by molar-refractivity contribution is 7.10. The van der Waals surface area contributed by atoms with Crippen LogP contribution in [0.15, 0.2) is 47.8 Å². The molecule has 0 amide bonds. The summed E-state index contributed by atoms with van der Waals surface area (Å²) in [5.41, 5.74) is 0.840. The first kappa shape index (κ1) is 13.4. The second-order valence-corrected chi connectivity index (χ2v) is 5.86. The Balaban J connectivity index is 2.03. The molecule has 2 aromatic carbocycles. The van der Waals surface area contributed by atoms with E-state index in [1.54, 1.807) is 13.2 Å². The zero-order chi connectivity index (χ0) is 14.1. The molecule has 0 radical (unpaired) electrons. The van der Waals surface area contributed by atoms with Crippen molar-refractivity contribution < 1.29 is 9.84 Å². The summed E-state index contributed by atoms with van der Waals surface area (Å²) in [6, 6.07) is 13.6. The van der Waals surface area contributed by atoms with Crippen molar-refractivity contribution in [1.82, 2.24) is 0 Å². The monoisotopic (exact) mass is 304 g/mol. The van der Waals surface area contributed by atoms with E-state index >= 15 is 0 Å². The number of hydrogen-bond acceptors (Lipinski definition) is 3. The number of halogens is 1. The van der Waals surface area contributed by atoms with Gasteiger partial charge in [-0.3, -0.25) is 0 Å². The van der Waals surface area contributed by atoms with Crippen LogP contribution >= 0.6 is 22.9 Å². The minimum atomic E-state index is -0.686. The van der Waals surface area contributed by atoms with Gasteiger partial charge in [-0.2, -0.15) is 0 Å². The van der Waals surface area contributed by atoms with E-state index in [0.717, 1.165) is 27.0 Å². The largest absolute Gasteiger partial charge is 0.497 e. The molecule has 1 atom stereocenters. The molecule has 102 valence electrons. The Morgan fingerprint density at radius 1 is 1.10 bits per heavy atom. The summed E-state index contributed by atoms with van der Waals surface area (Å²) >= 11 is 7.54. The molecule has 0 aliphatic heterocycles. The summed E-state index contributed by atoms with van der Waals surface area (Å²) < 4.78 is 5.21. The van der Waals surface area contributed by atoms with Crippen LogP contribution in [0.4, 0.5) is 0 Å². The van der Waals surface area contributed by atoms with E-state index in [-0.39, 0.29) is 0 Å². The van der Waals surface area contributed by atoms with Crippen LogP contribution < -0.4 is 4.74 Å². The van der Waals surface area contributed by atoms with E-state index in [1.807, 2.05) is 41.8 Å². The van der Waals surface area contributed by atoms with E-state index in [4.69, 9.17) is 16.3 Å². The Labute approximate surface area is 126 Å². The third-order valence-corrected chi connectivity index (χ3v) is 4.69. The van der Waals surface area contributed by atoms with Gasteiger partial charge in [0.1, 0.15) is 11.9 Å². The lowest BCUT2D eigenvalue weighted by molar-refractivity contribution is 0.224. The summed E-state index contributed by atoms with van der Waals surface area (Å²) in [6.07, 6.45) is -0.686. The second-order valence-electron chi connectivity index (χ2n) is 4.51. The van der Waals surface area contributed by atoms with Crippen LogP contribution in [0.2, 0.25) is 5.02 Å². The molecule has 0 aliphatic rings. The zero-order valence-corrected chi connectivity index (χ0v) is 12.4. The summed E-state index contributed by atoms with van der Waals surface area (Å²) in [7, 11) is 1.65. The Kier molecular flexibility index (Phi) is 3.66. The van der Waals surface area contributed by atoms with Crippen LogP contribution in [-0.4, -0.2) is 12.2 Å². The number of hydrogen-bond donors (Lipinski definition) is 1. The average molecular weight is 305 g/mol. The van der Waals surface area contributed by atoms with Crippen LogP contribution in [0.5, 0.6) is 5.75 Å². The second kappa shape index (κ2) is 5.44. The SMILES string of the molecule is COc1ccc2cc(C(O)c3sccc3Cl)ccc2c1. The number of ether oxygens (including phenoxy) is 1. The van der Waals surface area contributed by atoms with E-state index in [0.29, 0.717) is 5.02 Å². The highest BCUT2D eigenvalue weighted by Crippen LogP contribution is 2.34. The molecule has 3 aromatic rings. The Hall–Kier alpha value is -1.55. The van der Waals surface area contributed by atoms with Gasteiger partial charge in [0.2, 0.25) is 0 Å². The third kappa shape index (κ3) is 2.40. The van der Waals surface area contributed by atoms with Crippen LogP contribution in [0.25, 0.3) is 10.8 Å². The van der Waals surface area contributed by atoms with Crippen LogP contribution in [0, 0.1) is 0 Å². The molecular formula is C16H13ClO2S. The zero-order valence-electron chi connectivity index (χ0n) is 10.8. The molecular weight excluding hydrogens is 292 g/mol. The first-order chi connectivity index (χ1) is 9.69. The molecule has 0 aliphatic carbocycles. The predicted octanol–water partition coefficient (Wildman–Crippen LogP) is 4.65. The van der Waals surface area contributed by atoms with Gasteiger partial charge in [-0.05, 0) is 46.0 Å². The van der Waals surface area contributed by atoms with Gasteiger partial charge >= 0.3 is 0 Å². The van der Waals surface area contributed by atoms with Crippen molar-refractivity contribution in [2.24, 2.45) is 0 Å². The maximum atomic E-state index is 10.4. The Bertz CT molecular complexity index is 751. The normalized spacial score (nSPS) is 12.6. The number of benzene rings is 2. The van der Waals surface area contributed by atoms with Crippen molar-refractivity contribution in [2.75, 3.05) is 7.11 Å². The molecule has 3 rings (SSSR count). The molecule has 4 heteroatoms. The molecule has 0 spiro atoms. The van der Waals surface area contributed by atoms with Crippen molar-refractivity contribution in [2.45, 2.75) is 6.10 Å². The third-order valence-electron chi connectivity index (χ3n) is 3.28. The number of aliphatic hydroxyl groups is 1. The van der Waals surface area contributed by atoms with Crippen molar-refractivity contribution in [3.8, 4) is 5.75 Å². The fourth-order valence-corrected chi connectivity index (χ4v) is 3.36. The van der Waals surface area contributed by atoms with Gasteiger partial charge in [0.15, 0.2) is 0 Å². The van der Waals surface area contributed by atoms with E-state index in [2.05, 4.69) is 0 Å². The number of aliphatic hydroxyl groups excluding tert-OH is 1. The Morgan fingerprint density at radius 3 is 2.55 bits per heavy atom. The quantitative estimate of drug-likeness (QED) is 0.763. The summed E-state index contributed by atoms with van der Waals surface area (Å²) in [5.74, 6) is 0.826. The average Bonchev–Trinajstić information content (AvgIpc) is 2.91. The summed E-state index contributed by atoms with van der Waals surface area (Å²) in [4.78, 5) is 0.777. The molecule has 2 nitrogen and oxygen atoms in total. The standard InChI is InChI=1S/C16H13ClO2S/c1-19-13-5-4-10-8-12(3-2-11(10)9-13)15(18)16-14(17)6-7-20-16/h2-9,15,18H,1H3. The van der Waals surface area contributed by atoms with E-state index < -0.39 is 6.10 Å². The lowest BCUT2D eigenvalue weighted by atomic mass is 10.0. The smallest absolute Gasteiger partial charge is 0.119 e. The molecule has 1 aromatic heterocycles. The van der Waals surface area contributed by atoms with Crippen molar-refractivity contribution in [3.05, 3.63) is 63.3 Å². The molecule has 1 heterocycles. The summed E-state index contributed by atoms with van der Waals surface area (Å²) in [5, 5.41) is 15.1. The minimum Gasteiger partial charge on any atom is -0.497 e. The first-order valence-corrected chi connectivity index (χ1v) is 7.43. The van der Waals surface area contributed by atoms with Gasteiger partial charge in [0.25, 0.3) is 0 Å². The number of fused-ring (bicyclic) bond motifs is 1. The van der Waals surface area contributed by atoms with Gasteiger partial charge in [-0.25, -0.2) is 0 Å². The highest BCUT2D eigenvalue weighted by Gasteiger charge is 2.15. The number of methoxy groups -OCH3 is 1.